The van der Waals surface area contributed by atoms with Gasteiger partial charge in [-0.2, -0.15) is 0 Å². The molecule has 2 atom stereocenters. The highest BCUT2D eigenvalue weighted by Gasteiger charge is 2.27. The third-order valence-corrected chi connectivity index (χ3v) is 5.98. The van der Waals surface area contributed by atoms with E-state index in [1.165, 1.54) is 12.4 Å². The summed E-state index contributed by atoms with van der Waals surface area (Å²) in [4.78, 5) is 16.1. The third-order valence-electron chi connectivity index (χ3n) is 5.17. The molecule has 2 N–H and O–H groups in total. The first kappa shape index (κ1) is 20.1. The molecule has 152 valence electrons. The van der Waals surface area contributed by atoms with Crippen LogP contribution in [0.25, 0.3) is 11.0 Å². The number of imidazole rings is 1. The predicted octanol–water partition coefficient (Wildman–Crippen LogP) is 5.77. The Morgan fingerprint density at radius 3 is 2.93 bits per heavy atom. The van der Waals surface area contributed by atoms with E-state index in [0.29, 0.717) is 22.8 Å². The second kappa shape index (κ2) is 7.93. The van der Waals surface area contributed by atoms with Crippen molar-refractivity contribution in [2.75, 3.05) is 11.9 Å². The first-order chi connectivity index (χ1) is 13.9. The smallest absolute Gasteiger partial charge is 0.338 e. The summed E-state index contributed by atoms with van der Waals surface area (Å²) < 4.78 is 23.6. The van der Waals surface area contributed by atoms with Gasteiger partial charge in [-0.15, -0.1) is 0 Å². The number of rotatable bonds is 5. The van der Waals surface area contributed by atoms with Crippen LogP contribution in [-0.2, 0) is 4.74 Å². The van der Waals surface area contributed by atoms with Gasteiger partial charge in [0.05, 0.1) is 46.0 Å². The fraction of sp³-hybridized carbons (Fsp3) is 0.300. The van der Waals surface area contributed by atoms with Crippen LogP contribution in [0.5, 0.6) is 0 Å². The molecule has 2 unspecified atom stereocenters. The van der Waals surface area contributed by atoms with Crippen LogP contribution in [0.4, 0.5) is 15.8 Å². The van der Waals surface area contributed by atoms with Gasteiger partial charge in [-0.05, 0) is 44.0 Å². The second-order valence-corrected chi connectivity index (χ2v) is 8.30. The van der Waals surface area contributed by atoms with E-state index in [-0.39, 0.29) is 28.9 Å². The molecule has 1 fully saturated rings. The fourth-order valence-corrected chi connectivity index (χ4v) is 4.35. The first-order valence-corrected chi connectivity index (χ1v) is 10.3. The maximum atomic E-state index is 15.4. The lowest BCUT2D eigenvalue weighted by Gasteiger charge is -2.21. The van der Waals surface area contributed by atoms with Crippen LogP contribution in [-0.4, -0.2) is 33.3 Å². The molecule has 0 spiro atoms. The Bertz CT molecular complexity index is 1100. The Hall–Kier alpha value is -2.16. The monoisotopic (exact) mass is 481 g/mol. The number of aromatic carboxylic acids is 1. The summed E-state index contributed by atoms with van der Waals surface area (Å²) in [7, 11) is 0. The van der Waals surface area contributed by atoms with Gasteiger partial charge in [-0.1, -0.05) is 27.5 Å². The van der Waals surface area contributed by atoms with Crippen molar-refractivity contribution in [3.63, 3.8) is 0 Å². The van der Waals surface area contributed by atoms with E-state index in [2.05, 4.69) is 26.2 Å². The van der Waals surface area contributed by atoms with E-state index < -0.39 is 11.8 Å². The lowest BCUT2D eigenvalue weighted by atomic mass is 10.1. The third kappa shape index (κ3) is 3.72. The number of nitrogens with one attached hydrogen (secondary N) is 1. The van der Waals surface area contributed by atoms with Crippen molar-refractivity contribution in [2.45, 2.75) is 31.9 Å². The lowest BCUT2D eigenvalue weighted by Crippen LogP contribution is -2.20. The molecule has 0 amide bonds. The molecule has 4 rings (SSSR count). The Morgan fingerprint density at radius 2 is 2.28 bits per heavy atom. The number of carboxylic acids is 1. The number of hydrogen-bond acceptors (Lipinski definition) is 4. The number of fused-ring (bicyclic) bond motifs is 1. The summed E-state index contributed by atoms with van der Waals surface area (Å²) in [5.41, 5.74) is 0.522. The highest BCUT2D eigenvalue weighted by molar-refractivity contribution is 9.10. The van der Waals surface area contributed by atoms with E-state index in [0.717, 1.165) is 17.3 Å². The van der Waals surface area contributed by atoms with Gasteiger partial charge >= 0.3 is 5.97 Å². The Labute approximate surface area is 179 Å². The van der Waals surface area contributed by atoms with Crippen molar-refractivity contribution in [1.82, 2.24) is 9.55 Å². The average Bonchev–Trinajstić information content (AvgIpc) is 3.35. The van der Waals surface area contributed by atoms with Crippen LogP contribution >= 0.6 is 27.5 Å². The molecule has 1 aliphatic heterocycles. The molecule has 3 aromatic rings. The molecule has 1 saturated heterocycles. The number of halogens is 3. The van der Waals surface area contributed by atoms with Crippen molar-refractivity contribution >= 4 is 55.9 Å². The standard InChI is InChI=1S/C20H18BrClFN3O3/c1-10(16-3-2-6-29-16)26-9-24-19-15(26)8-12(20(27)28)18(17(19)23)25-14-5-4-11(21)7-13(14)22/h4-5,7-10,16,25H,2-3,6H2,1H3,(H,27,28). The van der Waals surface area contributed by atoms with Crippen molar-refractivity contribution in [2.24, 2.45) is 0 Å². The molecule has 2 heterocycles. The van der Waals surface area contributed by atoms with Crippen LogP contribution < -0.4 is 5.32 Å². The highest BCUT2D eigenvalue weighted by atomic mass is 79.9. The zero-order valence-electron chi connectivity index (χ0n) is 15.5. The number of benzene rings is 2. The summed E-state index contributed by atoms with van der Waals surface area (Å²) in [5.74, 6) is -1.99. The van der Waals surface area contributed by atoms with E-state index >= 15 is 4.39 Å². The number of carbonyl (C=O) groups is 1. The van der Waals surface area contributed by atoms with Gasteiger partial charge in [0.1, 0.15) is 5.52 Å². The second-order valence-electron chi connectivity index (χ2n) is 6.98. The summed E-state index contributed by atoms with van der Waals surface area (Å²) in [6, 6.07) is 6.35. The lowest BCUT2D eigenvalue weighted by molar-refractivity contribution is 0.0697. The molecule has 1 aromatic heterocycles. The highest BCUT2D eigenvalue weighted by Crippen LogP contribution is 2.36. The van der Waals surface area contributed by atoms with E-state index in [1.54, 1.807) is 22.8 Å². The molecule has 2 aromatic carbocycles. The van der Waals surface area contributed by atoms with Gasteiger partial charge in [-0.3, -0.25) is 0 Å². The maximum absolute atomic E-state index is 15.4. The molecule has 9 heteroatoms. The number of hydrogen-bond donors (Lipinski definition) is 2. The molecule has 0 saturated carbocycles. The summed E-state index contributed by atoms with van der Waals surface area (Å²) in [5, 5.41) is 12.9. The fourth-order valence-electron chi connectivity index (χ4n) is 3.63. The molecule has 29 heavy (non-hydrogen) atoms. The Morgan fingerprint density at radius 1 is 1.48 bits per heavy atom. The molecule has 0 aliphatic carbocycles. The Balaban J connectivity index is 1.82. The zero-order valence-corrected chi connectivity index (χ0v) is 17.8. The summed E-state index contributed by atoms with van der Waals surface area (Å²) >= 11 is 9.51. The molecular formula is C20H18BrClFN3O3. The molecular weight excluding hydrogens is 465 g/mol. The van der Waals surface area contributed by atoms with Crippen molar-refractivity contribution in [1.29, 1.82) is 0 Å². The number of ether oxygens (including phenoxy) is 1. The van der Waals surface area contributed by atoms with Crippen molar-refractivity contribution in [3.8, 4) is 0 Å². The van der Waals surface area contributed by atoms with Gasteiger partial charge in [0.2, 0.25) is 0 Å². The van der Waals surface area contributed by atoms with Gasteiger partial charge < -0.3 is 19.7 Å². The number of carboxylic acid groups (broad SMARTS) is 1. The summed E-state index contributed by atoms with van der Waals surface area (Å²) in [6.07, 6.45) is 3.39. The van der Waals surface area contributed by atoms with Crippen molar-refractivity contribution < 1.29 is 19.0 Å². The van der Waals surface area contributed by atoms with Gasteiger partial charge in [0, 0.05) is 11.1 Å². The molecule has 0 radical (unpaired) electrons. The minimum Gasteiger partial charge on any atom is -0.478 e. The van der Waals surface area contributed by atoms with Crippen LogP contribution in [0, 0.1) is 5.82 Å². The van der Waals surface area contributed by atoms with Crippen LogP contribution in [0.1, 0.15) is 36.2 Å². The minimum atomic E-state index is -1.25. The number of aromatic nitrogens is 2. The van der Waals surface area contributed by atoms with Crippen LogP contribution in [0.15, 0.2) is 35.1 Å². The summed E-state index contributed by atoms with van der Waals surface area (Å²) in [6.45, 7) is 2.65. The zero-order chi connectivity index (χ0) is 20.7. The van der Waals surface area contributed by atoms with E-state index in [4.69, 9.17) is 16.3 Å². The normalized spacial score (nSPS) is 17.6. The quantitative estimate of drug-likeness (QED) is 0.482. The van der Waals surface area contributed by atoms with E-state index in [1.807, 2.05) is 6.92 Å². The number of anilines is 2. The van der Waals surface area contributed by atoms with Crippen LogP contribution in [0.3, 0.4) is 0 Å². The molecule has 0 bridgehead atoms. The van der Waals surface area contributed by atoms with Gasteiger partial charge in [0.25, 0.3) is 0 Å². The largest absolute Gasteiger partial charge is 0.478 e. The SMILES string of the molecule is CC(C1CCCO1)n1cnc2c(F)c(Nc3ccc(Br)cc3Cl)c(C(=O)O)cc21. The first-order valence-electron chi connectivity index (χ1n) is 9.13. The van der Waals surface area contributed by atoms with E-state index in [9.17, 15) is 9.90 Å². The maximum Gasteiger partial charge on any atom is 0.338 e. The topological polar surface area (TPSA) is 76.4 Å². The van der Waals surface area contributed by atoms with Crippen molar-refractivity contribution in [3.05, 3.63) is 51.5 Å². The van der Waals surface area contributed by atoms with Gasteiger partial charge in [-0.25, -0.2) is 14.2 Å². The predicted molar refractivity (Wildman–Crippen MR) is 113 cm³/mol. The average molecular weight is 483 g/mol. The van der Waals surface area contributed by atoms with Crippen LogP contribution in [0.2, 0.25) is 5.02 Å². The molecule has 1 aliphatic rings. The Kier molecular flexibility index (Phi) is 5.50. The minimum absolute atomic E-state index is 0.0110. The van der Waals surface area contributed by atoms with Gasteiger partial charge in [0.15, 0.2) is 5.82 Å². The number of nitrogens with zero attached hydrogens (tertiary/aromatic N) is 2. The molecule has 6 nitrogen and oxygen atoms in total.